The van der Waals surface area contributed by atoms with Crippen LogP contribution in [0.3, 0.4) is 0 Å². The summed E-state index contributed by atoms with van der Waals surface area (Å²) in [6.07, 6.45) is -5.23. The van der Waals surface area contributed by atoms with Gasteiger partial charge in [0.2, 0.25) is 0 Å². The van der Waals surface area contributed by atoms with E-state index in [-0.39, 0.29) is 0 Å². The number of hydrogen-bond donors (Lipinski definition) is 4. The van der Waals surface area contributed by atoms with Gasteiger partial charge >= 0.3 is 0 Å². The summed E-state index contributed by atoms with van der Waals surface area (Å²) in [5, 5.41) is 27.8. The van der Waals surface area contributed by atoms with Crippen LogP contribution in [0.25, 0.3) is 0 Å². The average molecular weight is 287 g/mol. The Hall–Kier alpha value is -2.35. The van der Waals surface area contributed by atoms with Gasteiger partial charge in [-0.1, -0.05) is 30.0 Å². The molecule has 1 saturated heterocycles. The summed E-state index contributed by atoms with van der Waals surface area (Å²) in [5.41, 5.74) is 2.15. The van der Waals surface area contributed by atoms with E-state index >= 15 is 0 Å². The van der Waals surface area contributed by atoms with E-state index in [9.17, 15) is 15.0 Å². The first-order valence-corrected chi connectivity index (χ1v) is 6.15. The van der Waals surface area contributed by atoms with Gasteiger partial charge in [-0.3, -0.25) is 10.0 Å². The smallest absolute Gasteiger partial charge is 0.275 e. The molecule has 0 radical (unpaired) electrons. The van der Waals surface area contributed by atoms with Crippen LogP contribution in [0, 0.1) is 23.7 Å². The van der Waals surface area contributed by atoms with Gasteiger partial charge in [0.1, 0.15) is 18.3 Å². The Labute approximate surface area is 121 Å². The third kappa shape index (κ3) is 3.60. The minimum atomic E-state index is -1.46. The topological polar surface area (TPSA) is 99.0 Å². The van der Waals surface area contributed by atoms with Crippen LogP contribution in [0.5, 0.6) is 0 Å². The molecule has 0 aliphatic carbocycles. The number of hydrogen-bond acceptors (Lipinski definition) is 5. The Bertz CT molecular complexity index is 622. The van der Waals surface area contributed by atoms with Crippen molar-refractivity contribution in [3.05, 3.63) is 35.9 Å². The van der Waals surface area contributed by atoms with Gasteiger partial charge < -0.3 is 14.9 Å². The van der Waals surface area contributed by atoms with Crippen molar-refractivity contribution in [1.29, 1.82) is 0 Å². The molecule has 1 aromatic rings. The number of nitrogens with one attached hydrogen (secondary N) is 1. The minimum absolute atomic E-state index is 0.789. The van der Waals surface area contributed by atoms with E-state index in [0.29, 0.717) is 0 Å². The van der Waals surface area contributed by atoms with Gasteiger partial charge in [0.25, 0.3) is 5.91 Å². The number of aliphatic hydroxyl groups excluding tert-OH is 2. The minimum Gasteiger partial charge on any atom is -0.387 e. The van der Waals surface area contributed by atoms with Gasteiger partial charge in [-0.25, -0.2) is 5.48 Å². The SMILES string of the molecule is O=C(NO)[C@H]1O[C@@H](C#CC#Cc2ccccc2)[C@@H](O)[C@H]1O. The summed E-state index contributed by atoms with van der Waals surface area (Å²) in [5.74, 6) is 9.47. The van der Waals surface area contributed by atoms with E-state index in [4.69, 9.17) is 9.94 Å². The maximum atomic E-state index is 11.2. The van der Waals surface area contributed by atoms with Gasteiger partial charge in [0.05, 0.1) is 0 Å². The van der Waals surface area contributed by atoms with Gasteiger partial charge in [-0.2, -0.15) is 0 Å². The molecule has 0 bridgehead atoms. The average Bonchev–Trinajstić information content (AvgIpc) is 2.80. The number of benzene rings is 1. The molecule has 0 aromatic heterocycles. The van der Waals surface area contributed by atoms with Gasteiger partial charge in [0.15, 0.2) is 6.10 Å². The molecule has 6 heteroatoms. The summed E-state index contributed by atoms with van der Waals surface area (Å²) in [6.45, 7) is 0. The molecule has 2 rings (SSSR count). The van der Waals surface area contributed by atoms with Crippen LogP contribution in [0.15, 0.2) is 30.3 Å². The van der Waals surface area contributed by atoms with Gasteiger partial charge in [-0.15, -0.1) is 0 Å². The first-order chi connectivity index (χ1) is 10.1. The van der Waals surface area contributed by atoms with Crippen LogP contribution in [0.4, 0.5) is 0 Å². The monoisotopic (exact) mass is 287 g/mol. The largest absolute Gasteiger partial charge is 0.387 e. The third-order valence-electron chi connectivity index (χ3n) is 2.89. The molecule has 6 nitrogen and oxygen atoms in total. The van der Waals surface area contributed by atoms with E-state index in [1.54, 1.807) is 0 Å². The van der Waals surface area contributed by atoms with Gasteiger partial charge in [0, 0.05) is 5.56 Å². The lowest BCUT2D eigenvalue weighted by Crippen LogP contribution is -2.41. The standard InChI is InChI=1S/C15H13NO5/c17-12-11(21-14(13(12)18)15(19)16-20)9-5-4-8-10-6-2-1-3-7-10/h1-3,6-7,11-14,17-18,20H,(H,16,19)/t11-,12+,13+,14-/m0/s1. The van der Waals surface area contributed by atoms with Crippen molar-refractivity contribution in [1.82, 2.24) is 5.48 Å². The van der Waals surface area contributed by atoms with Crippen molar-refractivity contribution >= 4 is 5.91 Å². The van der Waals surface area contributed by atoms with Gasteiger partial charge in [-0.05, 0) is 24.0 Å². The van der Waals surface area contributed by atoms with Crippen LogP contribution >= 0.6 is 0 Å². The maximum absolute atomic E-state index is 11.2. The summed E-state index contributed by atoms with van der Waals surface area (Å²) in [6, 6.07) is 9.20. The molecule has 0 unspecified atom stereocenters. The third-order valence-corrected chi connectivity index (χ3v) is 2.89. The fourth-order valence-corrected chi connectivity index (χ4v) is 1.81. The number of amides is 1. The van der Waals surface area contributed by atoms with Crippen molar-refractivity contribution < 1.29 is 25.0 Å². The highest BCUT2D eigenvalue weighted by atomic mass is 16.6. The molecule has 1 heterocycles. The first kappa shape index (κ1) is 15.0. The molecule has 4 N–H and O–H groups in total. The second kappa shape index (κ2) is 6.89. The lowest BCUT2D eigenvalue weighted by atomic mass is 10.1. The van der Waals surface area contributed by atoms with Crippen LogP contribution in [-0.4, -0.2) is 45.7 Å². The summed E-state index contributed by atoms with van der Waals surface area (Å²) >= 11 is 0. The number of carbonyl (C=O) groups excluding carboxylic acids is 1. The van der Waals surface area contributed by atoms with E-state index < -0.39 is 30.3 Å². The molecule has 1 aromatic carbocycles. The Balaban J connectivity index is 2.03. The van der Waals surface area contributed by atoms with E-state index in [2.05, 4.69) is 23.7 Å². The second-order valence-electron chi connectivity index (χ2n) is 4.32. The zero-order chi connectivity index (χ0) is 15.2. The molecular weight excluding hydrogens is 274 g/mol. The lowest BCUT2D eigenvalue weighted by Gasteiger charge is -2.11. The summed E-state index contributed by atoms with van der Waals surface area (Å²) < 4.78 is 5.08. The van der Waals surface area contributed by atoms with Crippen LogP contribution in [-0.2, 0) is 9.53 Å². The highest BCUT2D eigenvalue weighted by Gasteiger charge is 2.45. The fraction of sp³-hybridized carbons (Fsp3) is 0.267. The fourth-order valence-electron chi connectivity index (χ4n) is 1.81. The van der Waals surface area contributed by atoms with Crippen molar-refractivity contribution in [2.45, 2.75) is 24.4 Å². The number of hydroxylamine groups is 1. The Morgan fingerprint density at radius 2 is 1.86 bits per heavy atom. The second-order valence-corrected chi connectivity index (χ2v) is 4.32. The number of rotatable bonds is 1. The highest BCUT2D eigenvalue weighted by molar-refractivity contribution is 5.80. The molecule has 1 aliphatic heterocycles. The Morgan fingerprint density at radius 3 is 2.52 bits per heavy atom. The molecule has 1 fully saturated rings. The zero-order valence-electron chi connectivity index (χ0n) is 10.9. The molecule has 108 valence electrons. The number of ether oxygens (including phenoxy) is 1. The summed E-state index contributed by atoms with van der Waals surface area (Å²) in [7, 11) is 0. The lowest BCUT2D eigenvalue weighted by molar-refractivity contribution is -0.143. The Kier molecular flexibility index (Phi) is 4.94. The Morgan fingerprint density at radius 1 is 1.14 bits per heavy atom. The summed E-state index contributed by atoms with van der Waals surface area (Å²) in [4.78, 5) is 11.2. The molecule has 4 atom stereocenters. The molecule has 0 saturated carbocycles. The first-order valence-electron chi connectivity index (χ1n) is 6.15. The quantitative estimate of drug-likeness (QED) is 0.303. The molecule has 1 aliphatic rings. The van der Waals surface area contributed by atoms with Crippen LogP contribution in [0.1, 0.15) is 5.56 Å². The predicted octanol–water partition coefficient (Wildman–Crippen LogP) is -0.964. The van der Waals surface area contributed by atoms with Crippen molar-refractivity contribution in [3.63, 3.8) is 0 Å². The van der Waals surface area contributed by atoms with E-state index in [1.165, 1.54) is 5.48 Å². The van der Waals surface area contributed by atoms with Crippen molar-refractivity contribution in [2.75, 3.05) is 0 Å². The van der Waals surface area contributed by atoms with E-state index in [1.807, 2.05) is 30.3 Å². The highest BCUT2D eigenvalue weighted by Crippen LogP contribution is 2.20. The van der Waals surface area contributed by atoms with E-state index in [0.717, 1.165) is 5.56 Å². The zero-order valence-corrected chi connectivity index (χ0v) is 10.9. The molecule has 1 amide bonds. The maximum Gasteiger partial charge on any atom is 0.275 e. The van der Waals surface area contributed by atoms with Crippen molar-refractivity contribution in [2.24, 2.45) is 0 Å². The van der Waals surface area contributed by atoms with Crippen LogP contribution < -0.4 is 5.48 Å². The predicted molar refractivity (Wildman–Crippen MR) is 71.7 cm³/mol. The van der Waals surface area contributed by atoms with Crippen molar-refractivity contribution in [3.8, 4) is 23.7 Å². The van der Waals surface area contributed by atoms with Crippen LogP contribution in [0.2, 0.25) is 0 Å². The molecule has 0 spiro atoms. The molecular formula is C15H13NO5. The normalized spacial score (nSPS) is 27.0. The molecule has 21 heavy (non-hydrogen) atoms. The number of carbonyl (C=O) groups is 1. The number of aliphatic hydroxyl groups is 2.